The molecule has 0 atom stereocenters. The van der Waals surface area contributed by atoms with Gasteiger partial charge in [0, 0.05) is 12.1 Å². The molecule has 2 aromatic carbocycles. The second kappa shape index (κ2) is 4.91. The maximum Gasteiger partial charge on any atom is 0.125 e. The number of anilines is 1. The lowest BCUT2D eigenvalue weighted by Gasteiger charge is -2.01. The minimum absolute atomic E-state index is 1.08. The van der Waals surface area contributed by atoms with Crippen molar-refractivity contribution in [2.75, 3.05) is 11.9 Å². The second-order valence-electron chi connectivity index (χ2n) is 5.24. The van der Waals surface area contributed by atoms with Crippen LogP contribution in [-0.4, -0.2) is 11.5 Å². The molecule has 3 aromatic rings. The summed E-state index contributed by atoms with van der Waals surface area (Å²) in [6.45, 7) is 1.08. The van der Waals surface area contributed by atoms with Gasteiger partial charge in [0.1, 0.15) is 10.0 Å². The highest BCUT2D eigenvalue weighted by molar-refractivity contribution is 7.19. The molecule has 1 aliphatic rings. The van der Waals surface area contributed by atoms with E-state index in [4.69, 9.17) is 4.98 Å². The predicted molar refractivity (Wildman–Crippen MR) is 86.5 cm³/mol. The Morgan fingerprint density at radius 2 is 1.90 bits per heavy atom. The van der Waals surface area contributed by atoms with Crippen LogP contribution in [0.25, 0.3) is 21.3 Å². The summed E-state index contributed by atoms with van der Waals surface area (Å²) >= 11 is 1.79. The van der Waals surface area contributed by atoms with Crippen LogP contribution < -0.4 is 5.32 Å². The molecule has 100 valence electrons. The maximum absolute atomic E-state index is 4.84. The summed E-state index contributed by atoms with van der Waals surface area (Å²) in [6.07, 6.45) is 3.59. The molecular weight excluding hydrogens is 264 g/mol. The zero-order valence-corrected chi connectivity index (χ0v) is 12.0. The second-order valence-corrected chi connectivity index (χ2v) is 6.24. The van der Waals surface area contributed by atoms with E-state index in [0.29, 0.717) is 0 Å². The number of benzene rings is 2. The number of nitrogens with zero attached hydrogens (tertiary/aromatic N) is 1. The Hall–Kier alpha value is -1.87. The van der Waals surface area contributed by atoms with E-state index in [1.807, 2.05) is 0 Å². The molecule has 1 N–H and O–H groups in total. The molecule has 20 heavy (non-hydrogen) atoms. The summed E-state index contributed by atoms with van der Waals surface area (Å²) in [5, 5.41) is 8.48. The Labute approximate surface area is 122 Å². The van der Waals surface area contributed by atoms with E-state index in [0.717, 1.165) is 18.0 Å². The van der Waals surface area contributed by atoms with Gasteiger partial charge < -0.3 is 5.32 Å². The van der Waals surface area contributed by atoms with Gasteiger partial charge in [-0.2, -0.15) is 0 Å². The SMILES string of the molecule is c1ccc2cc(-c3nc4c(s3)NCCCC4)ccc2c1. The zero-order valence-electron chi connectivity index (χ0n) is 11.2. The maximum atomic E-state index is 4.84. The van der Waals surface area contributed by atoms with Crippen molar-refractivity contribution in [3.8, 4) is 10.6 Å². The molecule has 1 aromatic heterocycles. The summed E-state index contributed by atoms with van der Waals surface area (Å²) in [6, 6.07) is 15.1. The number of thiazole rings is 1. The Balaban J connectivity index is 1.78. The molecule has 1 aliphatic heterocycles. The molecule has 0 unspecified atom stereocenters. The monoisotopic (exact) mass is 280 g/mol. The van der Waals surface area contributed by atoms with Crippen molar-refractivity contribution < 1.29 is 0 Å². The lowest BCUT2D eigenvalue weighted by molar-refractivity contribution is 0.775. The molecule has 2 nitrogen and oxygen atoms in total. The van der Waals surface area contributed by atoms with Crippen LogP contribution in [0, 0.1) is 0 Å². The third kappa shape index (κ3) is 2.08. The van der Waals surface area contributed by atoms with Crippen molar-refractivity contribution >= 4 is 27.1 Å². The van der Waals surface area contributed by atoms with Crippen molar-refractivity contribution in [1.82, 2.24) is 4.98 Å². The van der Waals surface area contributed by atoms with Gasteiger partial charge in [-0.15, -0.1) is 0 Å². The molecule has 3 heteroatoms. The van der Waals surface area contributed by atoms with Gasteiger partial charge in [0.25, 0.3) is 0 Å². The lowest BCUT2D eigenvalue weighted by atomic mass is 10.1. The van der Waals surface area contributed by atoms with E-state index < -0.39 is 0 Å². The average molecular weight is 280 g/mol. The fraction of sp³-hybridized carbons (Fsp3) is 0.235. The topological polar surface area (TPSA) is 24.9 Å². The first-order valence-electron chi connectivity index (χ1n) is 7.13. The van der Waals surface area contributed by atoms with Crippen LogP contribution in [0.5, 0.6) is 0 Å². The third-order valence-corrected chi connectivity index (χ3v) is 4.92. The standard InChI is InChI=1S/C17H16N2S/c1-2-6-13-11-14(9-8-12(13)5-1)16-19-15-7-3-4-10-18-17(15)20-16/h1-2,5-6,8-9,11,18H,3-4,7,10H2. The van der Waals surface area contributed by atoms with E-state index in [-0.39, 0.29) is 0 Å². The van der Waals surface area contributed by atoms with Gasteiger partial charge in [0.2, 0.25) is 0 Å². The average Bonchev–Trinajstić information content (AvgIpc) is 2.78. The van der Waals surface area contributed by atoms with Gasteiger partial charge in [-0.1, -0.05) is 47.7 Å². The first kappa shape index (κ1) is 11.9. The van der Waals surface area contributed by atoms with Gasteiger partial charge in [0.05, 0.1) is 5.69 Å². The molecule has 0 amide bonds. The summed E-state index contributed by atoms with van der Waals surface area (Å²) in [7, 11) is 0. The molecule has 0 saturated heterocycles. The van der Waals surface area contributed by atoms with Gasteiger partial charge >= 0.3 is 0 Å². The molecule has 2 heterocycles. The van der Waals surface area contributed by atoms with Gasteiger partial charge in [-0.25, -0.2) is 4.98 Å². The van der Waals surface area contributed by atoms with Crippen molar-refractivity contribution in [1.29, 1.82) is 0 Å². The highest BCUT2D eigenvalue weighted by Crippen LogP contribution is 2.35. The Bertz CT molecular complexity index is 737. The Kier molecular flexibility index (Phi) is 2.92. The van der Waals surface area contributed by atoms with Crippen molar-refractivity contribution in [2.45, 2.75) is 19.3 Å². The zero-order chi connectivity index (χ0) is 13.4. The number of hydrogen-bond acceptors (Lipinski definition) is 3. The third-order valence-electron chi connectivity index (χ3n) is 3.82. The quantitative estimate of drug-likeness (QED) is 0.698. The smallest absolute Gasteiger partial charge is 0.125 e. The fourth-order valence-electron chi connectivity index (χ4n) is 2.72. The van der Waals surface area contributed by atoms with Crippen LogP contribution in [0.4, 0.5) is 5.00 Å². The van der Waals surface area contributed by atoms with Crippen molar-refractivity contribution in [2.24, 2.45) is 0 Å². The predicted octanol–water partition coefficient (Wildman–Crippen LogP) is 4.71. The van der Waals surface area contributed by atoms with Crippen molar-refractivity contribution in [3.63, 3.8) is 0 Å². The largest absolute Gasteiger partial charge is 0.375 e. The first-order chi connectivity index (χ1) is 9.90. The summed E-state index contributed by atoms with van der Waals surface area (Å²) in [5.74, 6) is 0. The van der Waals surface area contributed by atoms with E-state index in [9.17, 15) is 0 Å². The molecule has 0 spiro atoms. The summed E-state index contributed by atoms with van der Waals surface area (Å²) in [4.78, 5) is 4.84. The van der Waals surface area contributed by atoms with Gasteiger partial charge in [-0.05, 0) is 36.1 Å². The van der Waals surface area contributed by atoms with Crippen LogP contribution >= 0.6 is 11.3 Å². The molecule has 0 radical (unpaired) electrons. The Morgan fingerprint density at radius 3 is 2.85 bits per heavy atom. The van der Waals surface area contributed by atoms with Gasteiger partial charge in [-0.3, -0.25) is 0 Å². The van der Waals surface area contributed by atoms with Crippen LogP contribution in [-0.2, 0) is 6.42 Å². The fourth-order valence-corrected chi connectivity index (χ4v) is 3.76. The van der Waals surface area contributed by atoms with Crippen LogP contribution in [0.1, 0.15) is 18.5 Å². The number of hydrogen-bond donors (Lipinski definition) is 1. The summed E-state index contributed by atoms with van der Waals surface area (Å²) in [5.41, 5.74) is 2.47. The first-order valence-corrected chi connectivity index (χ1v) is 7.94. The van der Waals surface area contributed by atoms with Crippen molar-refractivity contribution in [3.05, 3.63) is 48.2 Å². The number of fused-ring (bicyclic) bond motifs is 2. The minimum Gasteiger partial charge on any atom is -0.375 e. The highest BCUT2D eigenvalue weighted by Gasteiger charge is 2.14. The lowest BCUT2D eigenvalue weighted by Crippen LogP contribution is -1.96. The van der Waals surface area contributed by atoms with Crippen LogP contribution in [0.15, 0.2) is 42.5 Å². The Morgan fingerprint density at radius 1 is 1.00 bits per heavy atom. The highest BCUT2D eigenvalue weighted by atomic mass is 32.1. The summed E-state index contributed by atoms with van der Waals surface area (Å²) < 4.78 is 0. The van der Waals surface area contributed by atoms with E-state index in [2.05, 4.69) is 47.8 Å². The minimum atomic E-state index is 1.08. The molecule has 0 bridgehead atoms. The van der Waals surface area contributed by atoms with E-state index in [1.165, 1.54) is 39.9 Å². The number of nitrogens with one attached hydrogen (secondary N) is 1. The molecule has 0 aliphatic carbocycles. The number of aromatic nitrogens is 1. The van der Waals surface area contributed by atoms with Gasteiger partial charge in [0.15, 0.2) is 0 Å². The molecular formula is C17H16N2S. The normalized spacial score (nSPS) is 14.6. The number of aryl methyl sites for hydroxylation is 1. The van der Waals surface area contributed by atoms with E-state index >= 15 is 0 Å². The molecule has 0 fully saturated rings. The van der Waals surface area contributed by atoms with Crippen LogP contribution in [0.2, 0.25) is 0 Å². The molecule has 4 rings (SSSR count). The molecule has 0 saturated carbocycles. The van der Waals surface area contributed by atoms with Crippen LogP contribution in [0.3, 0.4) is 0 Å². The number of rotatable bonds is 1. The van der Waals surface area contributed by atoms with E-state index in [1.54, 1.807) is 11.3 Å².